The Labute approximate surface area is 116 Å². The molecule has 0 unspecified atom stereocenters. The number of nitrogens with two attached hydrogens (primary N) is 1. The van der Waals surface area contributed by atoms with Crippen LogP contribution in [0.2, 0.25) is 0 Å². The van der Waals surface area contributed by atoms with Gasteiger partial charge in [-0.15, -0.1) is 0 Å². The smallest absolute Gasteiger partial charge is 0.0464 e. The first-order valence-electron chi connectivity index (χ1n) is 5.70. The van der Waals surface area contributed by atoms with Crippen LogP contribution in [-0.2, 0) is 0 Å². The highest BCUT2D eigenvalue weighted by molar-refractivity contribution is 9.10. The molecule has 92 valence electrons. The summed E-state index contributed by atoms with van der Waals surface area (Å²) < 4.78 is 0.929. The molecule has 18 heavy (non-hydrogen) atoms. The summed E-state index contributed by atoms with van der Waals surface area (Å²) in [6, 6.07) is 14.2. The van der Waals surface area contributed by atoms with Crippen molar-refractivity contribution in [2.45, 2.75) is 0 Å². The van der Waals surface area contributed by atoms with E-state index in [1.54, 1.807) is 0 Å². The molecule has 0 spiro atoms. The highest BCUT2D eigenvalue weighted by Crippen LogP contribution is 2.21. The molecule has 0 fully saturated rings. The van der Waals surface area contributed by atoms with Gasteiger partial charge in [-0.3, -0.25) is 0 Å². The number of nitrogens with one attached hydrogen (secondary N) is 1. The van der Waals surface area contributed by atoms with Crippen molar-refractivity contribution in [1.82, 2.24) is 0 Å². The minimum absolute atomic E-state index is 0.752. The van der Waals surface area contributed by atoms with Gasteiger partial charge in [0, 0.05) is 22.9 Å². The SMILES string of the molecule is CNc1ccc(/C=C/c2ccc(Br)c(N)c2)cc1. The maximum atomic E-state index is 5.84. The van der Waals surface area contributed by atoms with Crippen LogP contribution in [0.4, 0.5) is 11.4 Å². The average molecular weight is 303 g/mol. The predicted molar refractivity (Wildman–Crippen MR) is 83.5 cm³/mol. The summed E-state index contributed by atoms with van der Waals surface area (Å²) in [5.74, 6) is 0. The molecule has 0 aliphatic heterocycles. The van der Waals surface area contributed by atoms with Crippen LogP contribution >= 0.6 is 15.9 Å². The monoisotopic (exact) mass is 302 g/mol. The second kappa shape index (κ2) is 5.74. The molecule has 0 aliphatic carbocycles. The van der Waals surface area contributed by atoms with Crippen molar-refractivity contribution in [2.75, 3.05) is 18.1 Å². The largest absolute Gasteiger partial charge is 0.398 e. The van der Waals surface area contributed by atoms with Crippen LogP contribution in [0, 0.1) is 0 Å². The van der Waals surface area contributed by atoms with Crippen LogP contribution in [-0.4, -0.2) is 7.05 Å². The summed E-state index contributed by atoms with van der Waals surface area (Å²) >= 11 is 3.39. The Morgan fingerprint density at radius 3 is 2.22 bits per heavy atom. The normalized spacial score (nSPS) is 10.8. The lowest BCUT2D eigenvalue weighted by molar-refractivity contribution is 1.51. The number of hydrogen-bond acceptors (Lipinski definition) is 2. The van der Waals surface area contributed by atoms with E-state index in [1.165, 1.54) is 0 Å². The maximum absolute atomic E-state index is 5.84. The Balaban J connectivity index is 2.16. The first-order valence-corrected chi connectivity index (χ1v) is 6.49. The van der Waals surface area contributed by atoms with Gasteiger partial charge in [-0.1, -0.05) is 30.4 Å². The van der Waals surface area contributed by atoms with E-state index >= 15 is 0 Å². The molecule has 0 aromatic heterocycles. The van der Waals surface area contributed by atoms with Gasteiger partial charge in [-0.2, -0.15) is 0 Å². The second-order valence-electron chi connectivity index (χ2n) is 3.99. The Kier molecular flexibility index (Phi) is 4.05. The van der Waals surface area contributed by atoms with Gasteiger partial charge in [0.25, 0.3) is 0 Å². The zero-order chi connectivity index (χ0) is 13.0. The fourth-order valence-corrected chi connectivity index (χ4v) is 1.87. The van der Waals surface area contributed by atoms with Gasteiger partial charge in [-0.05, 0) is 51.3 Å². The minimum Gasteiger partial charge on any atom is -0.398 e. The third-order valence-corrected chi connectivity index (χ3v) is 3.41. The zero-order valence-electron chi connectivity index (χ0n) is 10.2. The summed E-state index contributed by atoms with van der Waals surface area (Å²) in [7, 11) is 1.91. The van der Waals surface area contributed by atoms with Crippen LogP contribution in [0.3, 0.4) is 0 Å². The number of nitrogen functional groups attached to an aromatic ring is 1. The van der Waals surface area contributed by atoms with E-state index in [-0.39, 0.29) is 0 Å². The van der Waals surface area contributed by atoms with Gasteiger partial charge in [0.2, 0.25) is 0 Å². The van der Waals surface area contributed by atoms with E-state index < -0.39 is 0 Å². The lowest BCUT2D eigenvalue weighted by atomic mass is 10.1. The number of rotatable bonds is 3. The standard InChI is InChI=1S/C15H15BrN2/c1-18-13-7-4-11(5-8-13)2-3-12-6-9-14(16)15(17)10-12/h2-10,18H,17H2,1H3/b3-2+. The third-order valence-electron chi connectivity index (χ3n) is 2.69. The van der Waals surface area contributed by atoms with Crippen LogP contribution in [0.25, 0.3) is 12.2 Å². The molecule has 0 atom stereocenters. The van der Waals surface area contributed by atoms with Crippen molar-refractivity contribution in [3.63, 3.8) is 0 Å². The number of halogens is 1. The van der Waals surface area contributed by atoms with Gasteiger partial charge in [0.1, 0.15) is 0 Å². The van der Waals surface area contributed by atoms with E-state index in [9.17, 15) is 0 Å². The molecule has 2 nitrogen and oxygen atoms in total. The summed E-state index contributed by atoms with van der Waals surface area (Å²) in [5, 5.41) is 3.10. The van der Waals surface area contributed by atoms with Crippen LogP contribution < -0.4 is 11.1 Å². The van der Waals surface area contributed by atoms with Gasteiger partial charge >= 0.3 is 0 Å². The summed E-state index contributed by atoms with van der Waals surface area (Å²) in [5.41, 5.74) is 9.96. The van der Waals surface area contributed by atoms with Crippen molar-refractivity contribution >= 4 is 39.5 Å². The molecule has 0 saturated heterocycles. The summed E-state index contributed by atoms with van der Waals surface area (Å²) in [6.45, 7) is 0. The topological polar surface area (TPSA) is 38.0 Å². The van der Waals surface area contributed by atoms with Crippen LogP contribution in [0.5, 0.6) is 0 Å². The molecule has 0 heterocycles. The first-order chi connectivity index (χ1) is 8.69. The lowest BCUT2D eigenvalue weighted by Crippen LogP contribution is -1.87. The van der Waals surface area contributed by atoms with Crippen LogP contribution in [0.1, 0.15) is 11.1 Å². The van der Waals surface area contributed by atoms with E-state index in [0.717, 1.165) is 27.0 Å². The molecular weight excluding hydrogens is 288 g/mol. The quantitative estimate of drug-likeness (QED) is 0.657. The van der Waals surface area contributed by atoms with Gasteiger partial charge in [0.05, 0.1) is 0 Å². The molecule has 0 aliphatic rings. The van der Waals surface area contributed by atoms with Gasteiger partial charge < -0.3 is 11.1 Å². The minimum atomic E-state index is 0.752. The Morgan fingerprint density at radius 2 is 1.61 bits per heavy atom. The van der Waals surface area contributed by atoms with E-state index in [2.05, 4.69) is 57.7 Å². The highest BCUT2D eigenvalue weighted by Gasteiger charge is 1.95. The Bertz CT molecular complexity index is 559. The number of anilines is 2. The molecule has 2 rings (SSSR count). The molecule has 0 bridgehead atoms. The highest BCUT2D eigenvalue weighted by atomic mass is 79.9. The van der Waals surface area contributed by atoms with Crippen molar-refractivity contribution in [3.05, 3.63) is 58.1 Å². The van der Waals surface area contributed by atoms with Crippen molar-refractivity contribution in [3.8, 4) is 0 Å². The molecule has 2 aromatic carbocycles. The fraction of sp³-hybridized carbons (Fsp3) is 0.0667. The lowest BCUT2D eigenvalue weighted by Gasteiger charge is -2.01. The molecule has 0 radical (unpaired) electrons. The van der Waals surface area contributed by atoms with Crippen molar-refractivity contribution in [2.24, 2.45) is 0 Å². The molecular formula is C15H15BrN2. The summed E-state index contributed by atoms with van der Waals surface area (Å²) in [4.78, 5) is 0. The Morgan fingerprint density at radius 1 is 1.00 bits per heavy atom. The van der Waals surface area contributed by atoms with Crippen molar-refractivity contribution in [1.29, 1.82) is 0 Å². The molecule has 3 heteroatoms. The zero-order valence-corrected chi connectivity index (χ0v) is 11.7. The maximum Gasteiger partial charge on any atom is 0.0464 e. The summed E-state index contributed by atoms with van der Waals surface area (Å²) in [6.07, 6.45) is 4.12. The molecule has 0 saturated carbocycles. The van der Waals surface area contributed by atoms with E-state index in [4.69, 9.17) is 5.73 Å². The average Bonchev–Trinajstić information content (AvgIpc) is 2.41. The van der Waals surface area contributed by atoms with Gasteiger partial charge in [0.15, 0.2) is 0 Å². The predicted octanol–water partition coefficient (Wildman–Crippen LogP) is 4.24. The molecule has 0 amide bonds. The molecule has 3 N–H and O–H groups in total. The molecule has 2 aromatic rings. The van der Waals surface area contributed by atoms with E-state index in [0.29, 0.717) is 0 Å². The number of hydrogen-bond donors (Lipinski definition) is 2. The third kappa shape index (κ3) is 3.14. The first kappa shape index (κ1) is 12.7. The van der Waals surface area contributed by atoms with E-state index in [1.807, 2.05) is 25.2 Å². The number of benzene rings is 2. The Hall–Kier alpha value is -1.74. The van der Waals surface area contributed by atoms with Crippen molar-refractivity contribution < 1.29 is 0 Å². The second-order valence-corrected chi connectivity index (χ2v) is 4.84. The van der Waals surface area contributed by atoms with Crippen LogP contribution in [0.15, 0.2) is 46.9 Å². The fourth-order valence-electron chi connectivity index (χ4n) is 1.62. The van der Waals surface area contributed by atoms with Gasteiger partial charge in [-0.25, -0.2) is 0 Å².